The molecule has 0 aliphatic carbocycles. The normalized spacial score (nSPS) is 18.6. The molecule has 1 aromatic heterocycles. The van der Waals surface area contributed by atoms with Gasteiger partial charge in [0.05, 0.1) is 28.1 Å². The van der Waals surface area contributed by atoms with E-state index in [4.69, 9.17) is 14.2 Å². The Morgan fingerprint density at radius 1 is 1.16 bits per heavy atom. The van der Waals surface area contributed by atoms with Crippen LogP contribution in [0.3, 0.4) is 0 Å². The number of piperidine rings is 1. The molecule has 1 amide bonds. The van der Waals surface area contributed by atoms with Crippen molar-refractivity contribution in [2.24, 2.45) is 10.9 Å². The number of fused-ring (bicyclic) bond motifs is 2. The summed E-state index contributed by atoms with van der Waals surface area (Å²) in [7, 11) is -2.62. The maximum absolute atomic E-state index is 13.3. The summed E-state index contributed by atoms with van der Waals surface area (Å²) < 4.78 is 59.1. The lowest BCUT2D eigenvalue weighted by molar-refractivity contribution is -0.141. The fourth-order valence-corrected chi connectivity index (χ4v) is 6.91. The van der Waals surface area contributed by atoms with Crippen LogP contribution in [0.25, 0.3) is 10.2 Å². The van der Waals surface area contributed by atoms with Gasteiger partial charge in [-0.1, -0.05) is 11.3 Å². The number of sulfonamides is 1. The number of esters is 1. The highest BCUT2D eigenvalue weighted by atomic mass is 32.2. The quantitative estimate of drug-likeness (QED) is 0.449. The van der Waals surface area contributed by atoms with E-state index in [9.17, 15) is 22.4 Å². The van der Waals surface area contributed by atoms with Gasteiger partial charge in [0.25, 0.3) is 5.91 Å². The zero-order valence-electron chi connectivity index (χ0n) is 19.9. The van der Waals surface area contributed by atoms with Crippen molar-refractivity contribution in [2.45, 2.75) is 24.3 Å². The maximum Gasteiger partial charge on any atom is 0.325 e. The summed E-state index contributed by atoms with van der Waals surface area (Å²) in [5.74, 6) is -1.11. The molecule has 0 spiro atoms. The molecule has 37 heavy (non-hydrogen) atoms. The SMILES string of the molecule is COC(=O)Cn1c(=NC(=O)C2CCCN(S(=O)(=O)c3ccc(F)cc3)C2)sc2cc3c(cc21)OCCO3. The first-order chi connectivity index (χ1) is 17.8. The van der Waals surface area contributed by atoms with E-state index >= 15 is 0 Å². The van der Waals surface area contributed by atoms with Gasteiger partial charge < -0.3 is 18.8 Å². The highest BCUT2D eigenvalue weighted by Crippen LogP contribution is 2.35. The van der Waals surface area contributed by atoms with E-state index < -0.39 is 33.6 Å². The van der Waals surface area contributed by atoms with Crippen molar-refractivity contribution in [3.05, 3.63) is 47.0 Å². The number of rotatable bonds is 5. The Hall–Kier alpha value is -3.29. The molecule has 13 heteroatoms. The smallest absolute Gasteiger partial charge is 0.325 e. The van der Waals surface area contributed by atoms with Gasteiger partial charge in [-0.15, -0.1) is 0 Å². The molecular formula is C24H24FN3O7S2. The third kappa shape index (κ3) is 5.11. The molecule has 2 aliphatic heterocycles. The van der Waals surface area contributed by atoms with Crippen LogP contribution in [0.15, 0.2) is 46.3 Å². The number of benzene rings is 2. The summed E-state index contributed by atoms with van der Waals surface area (Å²) in [6, 6.07) is 8.11. The topological polar surface area (TPSA) is 116 Å². The molecule has 1 saturated heterocycles. The highest BCUT2D eigenvalue weighted by Gasteiger charge is 2.33. The lowest BCUT2D eigenvalue weighted by Crippen LogP contribution is -2.42. The van der Waals surface area contributed by atoms with Crippen LogP contribution in [0, 0.1) is 11.7 Å². The standard InChI is InChI=1S/C24H24FN3O7S2/c1-33-22(29)14-28-18-11-19-20(35-10-9-34-19)12-21(18)36-24(28)26-23(30)15-3-2-8-27(13-15)37(31,32)17-6-4-16(25)5-7-17/h4-7,11-12,15H,2-3,8-10,13-14H2,1H3. The minimum atomic E-state index is -3.89. The zero-order chi connectivity index (χ0) is 26.2. The van der Waals surface area contributed by atoms with Crippen LogP contribution in [-0.4, -0.2) is 62.6 Å². The van der Waals surface area contributed by atoms with Crippen LogP contribution in [0.5, 0.6) is 11.5 Å². The third-order valence-electron chi connectivity index (χ3n) is 6.25. The van der Waals surface area contributed by atoms with Gasteiger partial charge in [0.2, 0.25) is 10.0 Å². The fraction of sp³-hybridized carbons (Fsp3) is 0.375. The van der Waals surface area contributed by atoms with Gasteiger partial charge in [-0.3, -0.25) is 9.59 Å². The number of methoxy groups -OCH3 is 1. The van der Waals surface area contributed by atoms with Crippen LogP contribution in [0.1, 0.15) is 12.8 Å². The third-order valence-corrected chi connectivity index (χ3v) is 9.17. The van der Waals surface area contributed by atoms with Crippen molar-refractivity contribution < 1.29 is 36.6 Å². The van der Waals surface area contributed by atoms with Gasteiger partial charge in [0, 0.05) is 25.2 Å². The molecule has 0 saturated carbocycles. The highest BCUT2D eigenvalue weighted by molar-refractivity contribution is 7.89. The summed E-state index contributed by atoms with van der Waals surface area (Å²) >= 11 is 1.21. The van der Waals surface area contributed by atoms with E-state index in [0.717, 1.165) is 16.8 Å². The van der Waals surface area contributed by atoms with Crippen molar-refractivity contribution in [2.75, 3.05) is 33.4 Å². The minimum Gasteiger partial charge on any atom is -0.486 e. The first-order valence-corrected chi connectivity index (χ1v) is 13.9. The maximum atomic E-state index is 13.3. The first-order valence-electron chi connectivity index (χ1n) is 11.6. The zero-order valence-corrected chi connectivity index (χ0v) is 21.5. The Kier molecular flexibility index (Phi) is 7.01. The molecule has 0 bridgehead atoms. The van der Waals surface area contributed by atoms with Crippen molar-refractivity contribution in [1.82, 2.24) is 8.87 Å². The van der Waals surface area contributed by atoms with Gasteiger partial charge in [0.1, 0.15) is 25.6 Å². The molecule has 10 nitrogen and oxygen atoms in total. The molecule has 5 rings (SSSR count). The van der Waals surface area contributed by atoms with Gasteiger partial charge in [0.15, 0.2) is 16.3 Å². The van der Waals surface area contributed by atoms with Crippen LogP contribution < -0.4 is 14.3 Å². The number of thiazole rings is 1. The average Bonchev–Trinajstić information content (AvgIpc) is 3.22. The lowest BCUT2D eigenvalue weighted by Gasteiger charge is -2.30. The second-order valence-electron chi connectivity index (χ2n) is 8.62. The van der Waals surface area contributed by atoms with E-state index in [1.165, 1.54) is 34.9 Å². The molecule has 2 aliphatic rings. The van der Waals surface area contributed by atoms with E-state index in [0.29, 0.717) is 43.1 Å². The number of hydrogen-bond donors (Lipinski definition) is 0. The van der Waals surface area contributed by atoms with E-state index in [-0.39, 0.29) is 29.3 Å². The molecule has 1 unspecified atom stereocenters. The molecular weight excluding hydrogens is 525 g/mol. The van der Waals surface area contributed by atoms with E-state index in [1.807, 2.05) is 0 Å². The molecule has 1 atom stereocenters. The summed E-state index contributed by atoms with van der Waals surface area (Å²) in [5.41, 5.74) is 0.635. The number of aromatic nitrogens is 1. The average molecular weight is 550 g/mol. The molecule has 196 valence electrons. The molecule has 3 aromatic rings. The summed E-state index contributed by atoms with van der Waals surface area (Å²) in [6.07, 6.45) is 0.942. The van der Waals surface area contributed by atoms with Crippen LogP contribution in [-0.2, 0) is 30.9 Å². The predicted molar refractivity (Wildman–Crippen MR) is 131 cm³/mol. The van der Waals surface area contributed by atoms with E-state index in [1.54, 1.807) is 16.7 Å². The van der Waals surface area contributed by atoms with Crippen LogP contribution in [0.2, 0.25) is 0 Å². The Labute approximate surface area is 215 Å². The number of carbonyl (C=O) groups is 2. The minimum absolute atomic E-state index is 0.0345. The second kappa shape index (κ2) is 10.2. The number of ether oxygens (including phenoxy) is 3. The van der Waals surface area contributed by atoms with Crippen molar-refractivity contribution in [1.29, 1.82) is 0 Å². The number of halogens is 1. The summed E-state index contributed by atoms with van der Waals surface area (Å²) in [6.45, 7) is 0.854. The molecule has 2 aromatic carbocycles. The summed E-state index contributed by atoms with van der Waals surface area (Å²) in [5, 5.41) is 0. The molecule has 3 heterocycles. The fourth-order valence-electron chi connectivity index (χ4n) is 4.34. The Morgan fingerprint density at radius 2 is 1.86 bits per heavy atom. The number of carbonyl (C=O) groups excluding carboxylic acids is 2. The Bertz CT molecular complexity index is 1530. The number of nitrogens with zero attached hydrogens (tertiary/aromatic N) is 3. The van der Waals surface area contributed by atoms with Gasteiger partial charge in [-0.2, -0.15) is 9.30 Å². The summed E-state index contributed by atoms with van der Waals surface area (Å²) in [4.78, 5) is 30.0. The van der Waals surface area contributed by atoms with Crippen molar-refractivity contribution >= 4 is 43.5 Å². The van der Waals surface area contributed by atoms with E-state index in [2.05, 4.69) is 4.99 Å². The predicted octanol–water partition coefficient (Wildman–Crippen LogP) is 2.31. The van der Waals surface area contributed by atoms with Crippen molar-refractivity contribution in [3.63, 3.8) is 0 Å². The number of hydrogen-bond acceptors (Lipinski definition) is 8. The van der Waals surface area contributed by atoms with Gasteiger partial charge in [-0.25, -0.2) is 12.8 Å². The molecule has 0 N–H and O–H groups in total. The second-order valence-corrected chi connectivity index (χ2v) is 11.6. The van der Waals surface area contributed by atoms with Gasteiger partial charge in [-0.05, 0) is 37.1 Å². The van der Waals surface area contributed by atoms with Gasteiger partial charge >= 0.3 is 5.97 Å². The molecule has 0 radical (unpaired) electrons. The monoisotopic (exact) mass is 549 g/mol. The largest absolute Gasteiger partial charge is 0.486 e. The molecule has 1 fully saturated rings. The van der Waals surface area contributed by atoms with Crippen molar-refractivity contribution in [3.8, 4) is 11.5 Å². The number of amides is 1. The lowest BCUT2D eigenvalue weighted by atomic mass is 9.99. The Morgan fingerprint density at radius 3 is 2.57 bits per heavy atom. The van der Waals surface area contributed by atoms with Crippen LogP contribution >= 0.6 is 11.3 Å². The van der Waals surface area contributed by atoms with Crippen LogP contribution in [0.4, 0.5) is 4.39 Å². The first kappa shape index (κ1) is 25.4. The Balaban J connectivity index is 1.47.